The maximum atomic E-state index is 5.29. The predicted molar refractivity (Wildman–Crippen MR) is 79.8 cm³/mol. The number of rotatable bonds is 12. The van der Waals surface area contributed by atoms with E-state index in [9.17, 15) is 0 Å². The molecule has 0 N–H and O–H groups in total. The van der Waals surface area contributed by atoms with Gasteiger partial charge in [0.15, 0.2) is 0 Å². The van der Waals surface area contributed by atoms with Gasteiger partial charge in [0, 0.05) is 7.11 Å². The Labute approximate surface area is 110 Å². The van der Waals surface area contributed by atoms with E-state index in [2.05, 4.69) is 25.6 Å². The Kier molecular flexibility index (Phi) is 13.9. The van der Waals surface area contributed by atoms with E-state index in [1.54, 1.807) is 0 Å². The van der Waals surface area contributed by atoms with Crippen molar-refractivity contribution in [2.45, 2.75) is 77.3 Å². The van der Waals surface area contributed by atoms with E-state index in [4.69, 9.17) is 4.43 Å². The van der Waals surface area contributed by atoms with Gasteiger partial charge in [0.25, 0.3) is 0 Å². The zero-order valence-electron chi connectivity index (χ0n) is 12.1. The fraction of sp³-hybridized carbons (Fsp3) is 0.867. The largest absolute Gasteiger partial charge is 0.420 e. The molecule has 2 heteroatoms. The van der Waals surface area contributed by atoms with Crippen molar-refractivity contribution >= 4 is 9.04 Å². The molecular formula is C15H31OSi. The topological polar surface area (TPSA) is 9.23 Å². The molecular weight excluding hydrogens is 224 g/mol. The van der Waals surface area contributed by atoms with Gasteiger partial charge in [-0.1, -0.05) is 64.0 Å². The molecule has 0 rings (SSSR count). The molecule has 0 aliphatic heterocycles. The Morgan fingerprint density at radius 2 is 1.47 bits per heavy atom. The van der Waals surface area contributed by atoms with Gasteiger partial charge >= 0.3 is 0 Å². The van der Waals surface area contributed by atoms with Gasteiger partial charge in [-0.25, -0.2) is 0 Å². The SMILES string of the molecule is CCCCCCCCCC/C=C/C[Si](C)OC. The minimum Gasteiger partial charge on any atom is -0.420 e. The van der Waals surface area contributed by atoms with Crippen LogP contribution in [0.2, 0.25) is 12.6 Å². The van der Waals surface area contributed by atoms with Crippen LogP contribution in [0.25, 0.3) is 0 Å². The van der Waals surface area contributed by atoms with Crippen molar-refractivity contribution in [2.75, 3.05) is 7.11 Å². The lowest BCUT2D eigenvalue weighted by Gasteiger charge is -2.01. The first kappa shape index (κ1) is 16.9. The van der Waals surface area contributed by atoms with Crippen molar-refractivity contribution in [1.29, 1.82) is 0 Å². The summed E-state index contributed by atoms with van der Waals surface area (Å²) in [6.07, 6.45) is 17.2. The molecule has 0 atom stereocenters. The molecule has 0 aliphatic rings. The molecule has 0 spiro atoms. The standard InChI is InChI=1S/C15H31OSi/c1-4-5-6-7-8-9-10-11-12-13-14-15-17(3)16-2/h13-14H,4-12,15H2,1-3H3/b14-13+. The lowest BCUT2D eigenvalue weighted by atomic mass is 10.1. The van der Waals surface area contributed by atoms with Crippen LogP contribution in [0.3, 0.4) is 0 Å². The van der Waals surface area contributed by atoms with Gasteiger partial charge < -0.3 is 4.43 Å². The third-order valence-corrected chi connectivity index (χ3v) is 4.65. The molecule has 1 radical (unpaired) electrons. The van der Waals surface area contributed by atoms with E-state index in [0.29, 0.717) is 0 Å². The summed E-state index contributed by atoms with van der Waals surface area (Å²) in [7, 11) is 1.29. The summed E-state index contributed by atoms with van der Waals surface area (Å²) in [6.45, 7) is 4.49. The van der Waals surface area contributed by atoms with Crippen molar-refractivity contribution in [3.8, 4) is 0 Å². The first-order chi connectivity index (χ1) is 8.31. The summed E-state index contributed by atoms with van der Waals surface area (Å²) in [5, 5.41) is 0. The van der Waals surface area contributed by atoms with Gasteiger partial charge in [-0.05, 0) is 25.4 Å². The molecule has 0 amide bonds. The third-order valence-electron chi connectivity index (χ3n) is 3.14. The predicted octanol–water partition coefficient (Wildman–Crippen LogP) is 5.34. The molecule has 0 heterocycles. The Hall–Kier alpha value is -0.0831. The lowest BCUT2D eigenvalue weighted by Crippen LogP contribution is -2.07. The highest BCUT2D eigenvalue weighted by Crippen LogP contribution is 2.09. The number of unbranched alkanes of at least 4 members (excludes halogenated alkanes) is 8. The highest BCUT2D eigenvalue weighted by Gasteiger charge is 1.98. The van der Waals surface area contributed by atoms with Crippen LogP contribution in [0.4, 0.5) is 0 Å². The van der Waals surface area contributed by atoms with Crippen LogP contribution in [0.15, 0.2) is 12.2 Å². The lowest BCUT2D eigenvalue weighted by molar-refractivity contribution is 0.427. The average molecular weight is 255 g/mol. The van der Waals surface area contributed by atoms with E-state index in [0.717, 1.165) is 6.04 Å². The molecule has 101 valence electrons. The number of hydrogen-bond donors (Lipinski definition) is 0. The first-order valence-electron chi connectivity index (χ1n) is 7.32. The molecule has 0 saturated carbocycles. The molecule has 1 nitrogen and oxygen atoms in total. The summed E-state index contributed by atoms with van der Waals surface area (Å²) < 4.78 is 5.29. The molecule has 0 fully saturated rings. The van der Waals surface area contributed by atoms with Gasteiger partial charge in [-0.3, -0.25) is 0 Å². The van der Waals surface area contributed by atoms with Crippen molar-refractivity contribution in [1.82, 2.24) is 0 Å². The van der Waals surface area contributed by atoms with Crippen molar-refractivity contribution in [2.24, 2.45) is 0 Å². The summed E-state index contributed by atoms with van der Waals surface area (Å²) in [6, 6.07) is 1.15. The van der Waals surface area contributed by atoms with E-state index >= 15 is 0 Å². The smallest absolute Gasteiger partial charge is 0.211 e. The van der Waals surface area contributed by atoms with Crippen LogP contribution in [0.1, 0.15) is 64.7 Å². The second-order valence-corrected chi connectivity index (χ2v) is 7.07. The van der Waals surface area contributed by atoms with Gasteiger partial charge in [-0.15, -0.1) is 0 Å². The van der Waals surface area contributed by atoms with Crippen LogP contribution < -0.4 is 0 Å². The first-order valence-corrected chi connectivity index (χ1v) is 9.44. The number of hydrogen-bond acceptors (Lipinski definition) is 1. The maximum absolute atomic E-state index is 5.29. The molecule has 0 aromatic heterocycles. The number of allylic oxidation sites excluding steroid dienone is 2. The molecule has 0 unspecified atom stereocenters. The fourth-order valence-corrected chi connectivity index (χ4v) is 2.51. The van der Waals surface area contributed by atoms with E-state index in [1.165, 1.54) is 57.8 Å². The zero-order chi connectivity index (χ0) is 12.8. The van der Waals surface area contributed by atoms with Gasteiger partial charge in [-0.2, -0.15) is 0 Å². The summed E-state index contributed by atoms with van der Waals surface area (Å²) in [5.74, 6) is 0. The Morgan fingerprint density at radius 1 is 0.882 bits per heavy atom. The Balaban J connectivity index is 3.07. The second kappa shape index (κ2) is 14.0. The normalized spacial score (nSPS) is 11.8. The van der Waals surface area contributed by atoms with Gasteiger partial charge in [0.1, 0.15) is 0 Å². The van der Waals surface area contributed by atoms with Crippen molar-refractivity contribution in [3.05, 3.63) is 12.2 Å². The van der Waals surface area contributed by atoms with Gasteiger partial charge in [0.2, 0.25) is 9.04 Å². The zero-order valence-corrected chi connectivity index (χ0v) is 13.1. The van der Waals surface area contributed by atoms with Crippen LogP contribution in [0.5, 0.6) is 0 Å². The highest BCUT2D eigenvalue weighted by molar-refractivity contribution is 6.50. The van der Waals surface area contributed by atoms with Crippen LogP contribution in [0, 0.1) is 0 Å². The van der Waals surface area contributed by atoms with E-state index < -0.39 is 9.04 Å². The molecule has 0 aromatic rings. The van der Waals surface area contributed by atoms with Crippen LogP contribution >= 0.6 is 0 Å². The van der Waals surface area contributed by atoms with Crippen molar-refractivity contribution in [3.63, 3.8) is 0 Å². The molecule has 0 bridgehead atoms. The molecule has 0 saturated heterocycles. The third kappa shape index (κ3) is 13.9. The summed E-state index contributed by atoms with van der Waals surface area (Å²) >= 11 is 0. The van der Waals surface area contributed by atoms with E-state index in [1.807, 2.05) is 7.11 Å². The monoisotopic (exact) mass is 255 g/mol. The molecule has 17 heavy (non-hydrogen) atoms. The van der Waals surface area contributed by atoms with Gasteiger partial charge in [0.05, 0.1) is 0 Å². The van der Waals surface area contributed by atoms with E-state index in [-0.39, 0.29) is 0 Å². The second-order valence-electron chi connectivity index (χ2n) is 4.85. The summed E-state index contributed by atoms with van der Waals surface area (Å²) in [5.41, 5.74) is 0. The van der Waals surface area contributed by atoms with Crippen LogP contribution in [-0.4, -0.2) is 16.2 Å². The quantitative estimate of drug-likeness (QED) is 0.260. The Bertz CT molecular complexity index is 168. The highest BCUT2D eigenvalue weighted by atomic mass is 28.3. The minimum absolute atomic E-state index is 0.525. The molecule has 0 aromatic carbocycles. The fourth-order valence-electron chi connectivity index (χ4n) is 1.85. The summed E-state index contributed by atoms with van der Waals surface area (Å²) in [4.78, 5) is 0. The minimum atomic E-state index is -0.525. The maximum Gasteiger partial charge on any atom is 0.211 e. The Morgan fingerprint density at radius 3 is 2.06 bits per heavy atom. The van der Waals surface area contributed by atoms with Crippen molar-refractivity contribution < 1.29 is 4.43 Å². The van der Waals surface area contributed by atoms with Crippen LogP contribution in [-0.2, 0) is 4.43 Å². The average Bonchev–Trinajstić information content (AvgIpc) is 2.35. The molecule has 0 aliphatic carbocycles.